The quantitative estimate of drug-likeness (QED) is 0.0247. The summed E-state index contributed by atoms with van der Waals surface area (Å²) in [4.78, 5) is 80.2. The van der Waals surface area contributed by atoms with Crippen LogP contribution in [0.2, 0.25) is 0 Å². The first-order valence-corrected chi connectivity index (χ1v) is 25.0. The zero-order chi connectivity index (χ0) is 53.6. The molecule has 26 heteroatoms. The molecule has 394 valence electrons. The molecule has 73 heavy (non-hydrogen) atoms. The van der Waals surface area contributed by atoms with Crippen molar-refractivity contribution in [1.82, 2.24) is 25.1 Å². The van der Waals surface area contributed by atoms with Crippen molar-refractivity contribution in [2.45, 2.75) is 64.5 Å². The normalized spacial score (nSPS) is 16.1. The zero-order valence-corrected chi connectivity index (χ0v) is 42.4. The molecule has 3 aliphatic rings. The van der Waals surface area contributed by atoms with E-state index in [9.17, 15) is 47.1 Å². The predicted molar refractivity (Wildman–Crippen MR) is 259 cm³/mol. The Hall–Kier alpha value is -7.03. The van der Waals surface area contributed by atoms with Crippen LogP contribution >= 0.6 is 0 Å². The number of amides is 4. The molecular formula is C47H59BF2N8O14S. The van der Waals surface area contributed by atoms with Crippen molar-refractivity contribution >= 4 is 64.3 Å². The fourth-order valence-electron chi connectivity index (χ4n) is 8.69. The van der Waals surface area contributed by atoms with Crippen LogP contribution in [0.5, 0.6) is 11.5 Å². The van der Waals surface area contributed by atoms with Crippen LogP contribution in [-0.2, 0) is 45.3 Å². The topological polar surface area (TPSA) is 261 Å². The zero-order valence-electron chi connectivity index (χ0n) is 41.6. The molecule has 0 aliphatic carbocycles. The molecule has 0 bridgehead atoms. The summed E-state index contributed by atoms with van der Waals surface area (Å²) < 4.78 is 88.9. The number of carbonyl (C=O) groups excluding carboxylic acids is 5. The highest BCUT2D eigenvalue weighted by Crippen LogP contribution is 2.41. The van der Waals surface area contributed by atoms with Crippen molar-refractivity contribution in [3.05, 3.63) is 104 Å². The van der Waals surface area contributed by atoms with E-state index >= 15 is 8.63 Å². The summed E-state index contributed by atoms with van der Waals surface area (Å²) in [6.07, 6.45) is 1.22. The lowest BCUT2D eigenvalue weighted by Crippen LogP contribution is -2.52. The van der Waals surface area contributed by atoms with Gasteiger partial charge in [0.25, 0.3) is 17.5 Å². The molecule has 3 aromatic rings. The number of imide groups is 1. The second-order valence-corrected chi connectivity index (χ2v) is 20.3. The van der Waals surface area contributed by atoms with Gasteiger partial charge in [0.15, 0.2) is 22.9 Å². The molecule has 1 aromatic heterocycles. The summed E-state index contributed by atoms with van der Waals surface area (Å²) in [5, 5.41) is 17.1. The fourth-order valence-corrected chi connectivity index (χ4v) is 9.33. The second-order valence-electron chi connectivity index (χ2n) is 18.9. The number of aromatic nitrogens is 1. The van der Waals surface area contributed by atoms with Gasteiger partial charge in [-0.05, 0) is 69.3 Å². The van der Waals surface area contributed by atoms with E-state index in [0.29, 0.717) is 34.7 Å². The number of halogens is 2. The van der Waals surface area contributed by atoms with Gasteiger partial charge in [0.2, 0.25) is 11.8 Å². The summed E-state index contributed by atoms with van der Waals surface area (Å²) >= 11 is 0. The number of fused-ring (bicyclic) bond motifs is 2. The van der Waals surface area contributed by atoms with Crippen molar-refractivity contribution in [3.8, 4) is 11.5 Å². The third-order valence-electron chi connectivity index (χ3n) is 12.3. The number of rotatable bonds is 24. The van der Waals surface area contributed by atoms with Gasteiger partial charge in [-0.3, -0.25) is 34.1 Å². The molecule has 1 saturated heterocycles. The minimum absolute atomic E-state index is 0.0226. The van der Waals surface area contributed by atoms with Crippen LogP contribution < -0.4 is 20.1 Å². The minimum Gasteiger partial charge on any atom is -0.748 e. The Morgan fingerprint density at radius 2 is 1.70 bits per heavy atom. The highest BCUT2D eigenvalue weighted by atomic mass is 32.2. The molecule has 6 rings (SSSR count). The van der Waals surface area contributed by atoms with E-state index in [1.54, 1.807) is 61.3 Å². The number of benzene rings is 2. The summed E-state index contributed by atoms with van der Waals surface area (Å²) in [7, 11) is 4.06. The van der Waals surface area contributed by atoms with E-state index in [1.807, 2.05) is 6.08 Å². The number of ether oxygens (including phenoxy) is 3. The Morgan fingerprint density at radius 1 is 1.01 bits per heavy atom. The number of allylic oxidation sites excluding steroid dienone is 2. The lowest BCUT2D eigenvalue weighted by Gasteiger charge is -2.32. The fraction of sp³-hybridized carbons (Fsp3) is 0.447. The van der Waals surface area contributed by atoms with E-state index < -0.39 is 81.8 Å². The molecule has 0 spiro atoms. The lowest BCUT2D eigenvalue weighted by molar-refractivity contribution is -0.870. The number of likely N-dealkylation sites (N-methyl/N-ethyl adjacent to an activating group) is 1. The summed E-state index contributed by atoms with van der Waals surface area (Å²) in [6.45, 7) is -0.526. The van der Waals surface area contributed by atoms with E-state index in [2.05, 4.69) is 31.8 Å². The average molecular weight is 1040 g/mol. The molecule has 22 nitrogen and oxygen atoms in total. The highest BCUT2D eigenvalue weighted by Gasteiger charge is 2.54. The standard InChI is InChI=1S/C47H59BF2N8O14S/c1-30-24-34(54-37(30)27-39-33(14-11-22-58(4,5)6)25-38(55(39)48(54,49)50)32-12-9-8-10-13-32)15-16-43(59)52-36(29-73(66,67)68)46(62)51-19-20-53(3)21-23-70-42-28-40(57(64)65)35(26-41(42)69-7)31(2)71-47(63)72-56-44(60)17-18-45(56)61/h8-10,12-13,24-28,31,36H,11,14-23,29H2,1-7H3,(H2-,51,52,59,62,66,67,68). The number of carbonyl (C=O) groups is 5. The van der Waals surface area contributed by atoms with E-state index in [4.69, 9.17) is 19.0 Å². The van der Waals surface area contributed by atoms with E-state index in [1.165, 1.54) is 20.1 Å². The second kappa shape index (κ2) is 22.8. The Labute approximate surface area is 420 Å². The summed E-state index contributed by atoms with van der Waals surface area (Å²) in [5.41, 5.74) is 2.51. The number of hydrogen-bond acceptors (Lipinski definition) is 15. The number of nitro groups is 1. The molecule has 2 N–H and O–H groups in total. The van der Waals surface area contributed by atoms with Crippen LogP contribution in [-0.4, -0.2) is 164 Å². The largest absolute Gasteiger partial charge is 0.748 e. The van der Waals surface area contributed by atoms with Gasteiger partial charge in [-0.15, -0.1) is 0 Å². The highest BCUT2D eigenvalue weighted by molar-refractivity contribution is 7.85. The third kappa shape index (κ3) is 13.7. The van der Waals surface area contributed by atoms with Gasteiger partial charge >= 0.3 is 13.1 Å². The monoisotopic (exact) mass is 1040 g/mol. The van der Waals surface area contributed by atoms with Gasteiger partial charge in [-0.25, -0.2) is 13.2 Å². The van der Waals surface area contributed by atoms with Crippen molar-refractivity contribution in [2.24, 2.45) is 0 Å². The summed E-state index contributed by atoms with van der Waals surface area (Å²) in [5.74, 6) is -4.64. The van der Waals surface area contributed by atoms with Crippen LogP contribution in [0.4, 0.5) is 19.1 Å². The predicted octanol–water partition coefficient (Wildman–Crippen LogP) is 3.59. The van der Waals surface area contributed by atoms with Crippen LogP contribution in [0.3, 0.4) is 0 Å². The molecule has 0 saturated carbocycles. The molecular weight excluding hydrogens is 981 g/mol. The van der Waals surface area contributed by atoms with E-state index in [0.717, 1.165) is 38.1 Å². The smallest absolute Gasteiger partial charge is 0.737 e. The molecule has 1 fully saturated rings. The van der Waals surface area contributed by atoms with Gasteiger partial charge in [0.1, 0.15) is 18.8 Å². The first-order valence-electron chi connectivity index (χ1n) is 23.4. The number of methoxy groups -OCH3 is 1. The number of nitrogens with one attached hydrogen (secondary N) is 2. The number of hydroxylamine groups is 2. The third-order valence-corrected chi connectivity index (χ3v) is 13.0. The Kier molecular flexibility index (Phi) is 17.3. The van der Waals surface area contributed by atoms with Gasteiger partial charge < -0.3 is 56.4 Å². The molecule has 2 atom stereocenters. The average Bonchev–Trinajstić information content (AvgIpc) is 3.96. The van der Waals surface area contributed by atoms with Crippen molar-refractivity contribution in [3.63, 3.8) is 0 Å². The first kappa shape index (κ1) is 55.3. The van der Waals surface area contributed by atoms with Crippen LogP contribution in [0.25, 0.3) is 6.08 Å². The van der Waals surface area contributed by atoms with Gasteiger partial charge in [0, 0.05) is 74.3 Å². The lowest BCUT2D eigenvalue weighted by atomic mass is 9.88. The van der Waals surface area contributed by atoms with E-state index in [-0.39, 0.29) is 73.3 Å². The Morgan fingerprint density at radius 3 is 2.33 bits per heavy atom. The number of quaternary nitrogens is 1. The molecule has 3 aliphatic heterocycles. The molecule has 4 amide bonds. The number of nitrogens with zero attached hydrogens (tertiary/aromatic N) is 6. The molecule has 0 radical (unpaired) electrons. The van der Waals surface area contributed by atoms with Gasteiger partial charge in [-0.2, -0.15) is 0 Å². The number of hydrogen-bond donors (Lipinski definition) is 2. The maximum atomic E-state index is 17.1. The number of aryl methyl sites for hydroxylation is 2. The van der Waals surface area contributed by atoms with Crippen LogP contribution in [0, 0.1) is 17.0 Å². The minimum atomic E-state index is -5.05. The van der Waals surface area contributed by atoms with Crippen molar-refractivity contribution < 1.29 is 78.5 Å². The van der Waals surface area contributed by atoms with Crippen molar-refractivity contribution in [2.75, 3.05) is 73.8 Å². The summed E-state index contributed by atoms with van der Waals surface area (Å²) in [6, 6.07) is 11.0. The Bertz CT molecular complexity index is 2850. The van der Waals surface area contributed by atoms with Crippen LogP contribution in [0.1, 0.15) is 73.2 Å². The first-order chi connectivity index (χ1) is 34.3. The molecule has 2 aromatic carbocycles. The van der Waals surface area contributed by atoms with Crippen molar-refractivity contribution in [1.29, 1.82) is 0 Å². The van der Waals surface area contributed by atoms with Gasteiger partial charge in [0.05, 0.1) is 67.2 Å². The Balaban J connectivity index is 1.04. The molecule has 2 unspecified atom stereocenters. The van der Waals surface area contributed by atoms with Crippen LogP contribution in [0.15, 0.2) is 65.9 Å². The number of nitro benzene ring substituents is 1. The SMILES string of the molecule is COc1cc(C(C)OC(=O)ON2C(=O)CCC2=O)c([N+](=O)[O-])cc1OCCN(C)CCNC(=O)C(CS(=O)(=O)[O-])NC(=O)CCc1cc(C)c2n1[B-](F)(F)[N+]1=C(c3ccccc3)C=C(CCC[N+](C)(C)C)C1=C2. The maximum Gasteiger partial charge on any atom is 0.737 e. The maximum absolute atomic E-state index is 17.1. The van der Waals surface area contributed by atoms with Gasteiger partial charge in [-0.1, -0.05) is 23.3 Å². The molecule has 4 heterocycles.